The molecular formula is C20H27N3O5. The summed E-state index contributed by atoms with van der Waals surface area (Å²) in [5, 5.41) is 6.99. The van der Waals surface area contributed by atoms with Crippen LogP contribution in [-0.2, 0) is 11.3 Å². The van der Waals surface area contributed by atoms with Gasteiger partial charge in [-0.3, -0.25) is 0 Å². The van der Waals surface area contributed by atoms with Gasteiger partial charge in [-0.25, -0.2) is 4.79 Å². The highest BCUT2D eigenvalue weighted by Gasteiger charge is 2.24. The molecule has 1 aromatic carbocycles. The molecule has 8 nitrogen and oxygen atoms in total. The van der Waals surface area contributed by atoms with E-state index in [4.69, 9.17) is 18.7 Å². The third-order valence-corrected chi connectivity index (χ3v) is 4.65. The largest absolute Gasteiger partial charge is 0.497 e. The number of ether oxygens (including phenoxy) is 3. The minimum Gasteiger partial charge on any atom is -0.497 e. The number of benzene rings is 1. The summed E-state index contributed by atoms with van der Waals surface area (Å²) in [5.74, 6) is 1.90. The highest BCUT2D eigenvalue weighted by atomic mass is 16.5. The predicted octanol–water partition coefficient (Wildman–Crippen LogP) is 3.07. The summed E-state index contributed by atoms with van der Waals surface area (Å²) in [4.78, 5) is 14.2. The molecule has 0 radical (unpaired) electrons. The number of nitrogens with zero attached hydrogens (tertiary/aromatic N) is 2. The summed E-state index contributed by atoms with van der Waals surface area (Å²) in [6, 6.07) is 7.14. The second-order valence-corrected chi connectivity index (χ2v) is 6.60. The summed E-state index contributed by atoms with van der Waals surface area (Å²) in [5.41, 5.74) is 1.40. The molecule has 2 heterocycles. The van der Waals surface area contributed by atoms with Crippen molar-refractivity contribution >= 4 is 6.03 Å². The van der Waals surface area contributed by atoms with Gasteiger partial charge in [0.2, 0.25) is 0 Å². The van der Waals surface area contributed by atoms with Crippen molar-refractivity contribution < 1.29 is 23.5 Å². The second-order valence-electron chi connectivity index (χ2n) is 6.60. The van der Waals surface area contributed by atoms with E-state index in [0.29, 0.717) is 42.6 Å². The number of carbonyl (C=O) groups excluding carboxylic acids is 1. The summed E-state index contributed by atoms with van der Waals surface area (Å²) in [6.07, 6.45) is 2.05. The van der Waals surface area contributed by atoms with E-state index in [2.05, 4.69) is 10.5 Å². The molecule has 3 rings (SSSR count). The molecule has 1 aliphatic rings. The van der Waals surface area contributed by atoms with Crippen molar-refractivity contribution in [2.24, 2.45) is 0 Å². The first-order chi connectivity index (χ1) is 13.6. The monoisotopic (exact) mass is 389 g/mol. The molecule has 2 amide bonds. The van der Waals surface area contributed by atoms with Crippen LogP contribution in [0.4, 0.5) is 4.79 Å². The van der Waals surface area contributed by atoms with Gasteiger partial charge in [-0.05, 0) is 38.0 Å². The average molecular weight is 389 g/mol. The molecule has 1 aromatic heterocycles. The van der Waals surface area contributed by atoms with E-state index in [9.17, 15) is 4.79 Å². The Bertz CT molecular complexity index is 786. The van der Waals surface area contributed by atoms with E-state index in [1.807, 2.05) is 31.2 Å². The fraction of sp³-hybridized carbons (Fsp3) is 0.500. The number of carbonyl (C=O) groups is 1. The summed E-state index contributed by atoms with van der Waals surface area (Å²) in [7, 11) is 3.20. The molecule has 0 saturated carbocycles. The van der Waals surface area contributed by atoms with E-state index < -0.39 is 0 Å². The lowest BCUT2D eigenvalue weighted by Crippen LogP contribution is -2.43. The number of aromatic nitrogens is 1. The molecular weight excluding hydrogens is 362 g/mol. The zero-order valence-electron chi connectivity index (χ0n) is 16.6. The maximum atomic E-state index is 12.5. The van der Waals surface area contributed by atoms with Crippen molar-refractivity contribution in [1.29, 1.82) is 0 Å². The number of amides is 2. The van der Waals surface area contributed by atoms with E-state index in [1.54, 1.807) is 19.1 Å². The normalized spacial score (nSPS) is 16.0. The van der Waals surface area contributed by atoms with Gasteiger partial charge in [0.05, 0.1) is 32.4 Å². The van der Waals surface area contributed by atoms with Gasteiger partial charge in [0.15, 0.2) is 5.76 Å². The highest BCUT2D eigenvalue weighted by molar-refractivity contribution is 5.74. The zero-order valence-corrected chi connectivity index (χ0v) is 16.6. The number of methoxy groups -OCH3 is 2. The number of hydrogen-bond donors (Lipinski definition) is 1. The first kappa shape index (κ1) is 20.0. The van der Waals surface area contributed by atoms with E-state index in [-0.39, 0.29) is 12.1 Å². The molecule has 8 heteroatoms. The van der Waals surface area contributed by atoms with Gasteiger partial charge in [-0.2, -0.15) is 0 Å². The summed E-state index contributed by atoms with van der Waals surface area (Å²) < 4.78 is 21.9. The molecule has 28 heavy (non-hydrogen) atoms. The Kier molecular flexibility index (Phi) is 6.76. The fourth-order valence-corrected chi connectivity index (χ4v) is 3.23. The van der Waals surface area contributed by atoms with Gasteiger partial charge in [0, 0.05) is 25.8 Å². The van der Waals surface area contributed by atoms with Crippen LogP contribution in [0.5, 0.6) is 11.5 Å². The molecule has 0 unspecified atom stereocenters. The quantitative estimate of drug-likeness (QED) is 0.747. The van der Waals surface area contributed by atoms with Crippen LogP contribution >= 0.6 is 0 Å². The van der Waals surface area contributed by atoms with Crippen LogP contribution in [0.15, 0.2) is 28.8 Å². The van der Waals surface area contributed by atoms with Crippen molar-refractivity contribution in [3.05, 3.63) is 30.0 Å². The molecule has 2 aromatic rings. The van der Waals surface area contributed by atoms with Gasteiger partial charge in [-0.1, -0.05) is 5.16 Å². The Morgan fingerprint density at radius 3 is 2.86 bits per heavy atom. The molecule has 1 aliphatic heterocycles. The van der Waals surface area contributed by atoms with Gasteiger partial charge >= 0.3 is 6.03 Å². The number of hydrogen-bond acceptors (Lipinski definition) is 6. The lowest BCUT2D eigenvalue weighted by molar-refractivity contribution is 0.0790. The first-order valence-corrected chi connectivity index (χ1v) is 9.47. The van der Waals surface area contributed by atoms with Crippen LogP contribution in [0, 0.1) is 0 Å². The Labute approximate surface area is 164 Å². The number of urea groups is 1. The van der Waals surface area contributed by atoms with E-state index in [0.717, 1.165) is 25.0 Å². The third kappa shape index (κ3) is 4.75. The van der Waals surface area contributed by atoms with Crippen LogP contribution in [0.3, 0.4) is 0 Å². The lowest BCUT2D eigenvalue weighted by atomic mass is 10.1. The van der Waals surface area contributed by atoms with Crippen molar-refractivity contribution in [3.8, 4) is 22.8 Å². The van der Waals surface area contributed by atoms with Crippen LogP contribution in [0.2, 0.25) is 0 Å². The fourth-order valence-electron chi connectivity index (χ4n) is 3.23. The second kappa shape index (κ2) is 9.45. The number of nitrogens with one attached hydrogen (secondary N) is 1. The van der Waals surface area contributed by atoms with Crippen LogP contribution in [0.1, 0.15) is 25.5 Å². The zero-order chi connectivity index (χ0) is 19.9. The Hall–Kier alpha value is -2.74. The minimum absolute atomic E-state index is 0.0625. The Balaban J connectivity index is 1.78. The lowest BCUT2D eigenvalue weighted by Gasteiger charge is -2.24. The van der Waals surface area contributed by atoms with Crippen molar-refractivity contribution in [1.82, 2.24) is 15.4 Å². The van der Waals surface area contributed by atoms with Gasteiger partial charge in [0.25, 0.3) is 0 Å². The molecule has 0 aliphatic carbocycles. The maximum Gasteiger partial charge on any atom is 0.317 e. The molecule has 152 valence electrons. The highest BCUT2D eigenvalue weighted by Crippen LogP contribution is 2.34. The van der Waals surface area contributed by atoms with Crippen LogP contribution in [0.25, 0.3) is 11.3 Å². The molecule has 1 N–H and O–H groups in total. The van der Waals surface area contributed by atoms with Crippen molar-refractivity contribution in [2.75, 3.05) is 33.9 Å². The SMILES string of the molecule is CCNC(=O)N(Cc1cc(-c2cc(OC)ccc2OC)on1)C[C@H]1CCCO1. The molecule has 0 bridgehead atoms. The summed E-state index contributed by atoms with van der Waals surface area (Å²) in [6.45, 7) is 4.06. The average Bonchev–Trinajstić information content (AvgIpc) is 3.39. The maximum absolute atomic E-state index is 12.5. The smallest absolute Gasteiger partial charge is 0.317 e. The summed E-state index contributed by atoms with van der Waals surface area (Å²) >= 11 is 0. The van der Waals surface area contributed by atoms with Crippen molar-refractivity contribution in [3.63, 3.8) is 0 Å². The Morgan fingerprint density at radius 2 is 2.18 bits per heavy atom. The topological polar surface area (TPSA) is 86.1 Å². The van der Waals surface area contributed by atoms with Crippen LogP contribution in [-0.4, -0.2) is 56.1 Å². The molecule has 0 spiro atoms. The third-order valence-electron chi connectivity index (χ3n) is 4.65. The van der Waals surface area contributed by atoms with Crippen LogP contribution < -0.4 is 14.8 Å². The molecule has 1 fully saturated rings. The van der Waals surface area contributed by atoms with E-state index in [1.165, 1.54) is 0 Å². The number of rotatable bonds is 8. The molecule has 1 saturated heterocycles. The van der Waals surface area contributed by atoms with Crippen molar-refractivity contribution in [2.45, 2.75) is 32.4 Å². The Morgan fingerprint density at radius 1 is 1.32 bits per heavy atom. The predicted molar refractivity (Wildman–Crippen MR) is 103 cm³/mol. The first-order valence-electron chi connectivity index (χ1n) is 9.47. The minimum atomic E-state index is -0.137. The van der Waals surface area contributed by atoms with Gasteiger partial charge in [0.1, 0.15) is 17.2 Å². The molecule has 1 atom stereocenters. The van der Waals surface area contributed by atoms with Gasteiger partial charge < -0.3 is 29.0 Å². The standard InChI is InChI=1S/C20H27N3O5/c1-4-21-20(24)23(13-16-6-5-9-27-16)12-14-10-19(28-22-14)17-11-15(25-2)7-8-18(17)26-3/h7-8,10-11,16H,4-6,9,12-13H2,1-3H3,(H,21,24)/t16-/m1/s1. The van der Waals surface area contributed by atoms with Gasteiger partial charge in [-0.15, -0.1) is 0 Å². The van der Waals surface area contributed by atoms with E-state index >= 15 is 0 Å².